The van der Waals surface area contributed by atoms with Gasteiger partial charge in [-0.25, -0.2) is 8.42 Å². The summed E-state index contributed by atoms with van der Waals surface area (Å²) in [7, 11) is -3.58. The second kappa shape index (κ2) is 9.51. The van der Waals surface area contributed by atoms with Gasteiger partial charge in [-0.1, -0.05) is 12.5 Å². The molecule has 1 saturated heterocycles. The lowest BCUT2D eigenvalue weighted by atomic mass is 10.2. The fraction of sp³-hybridized carbons (Fsp3) is 0.400. The lowest BCUT2D eigenvalue weighted by Crippen LogP contribution is -2.36. The number of nitrogens with one attached hydrogen (secondary N) is 2. The van der Waals surface area contributed by atoms with Crippen molar-refractivity contribution in [2.75, 3.05) is 25.0 Å². The molecule has 29 heavy (non-hydrogen) atoms. The predicted molar refractivity (Wildman–Crippen MR) is 114 cm³/mol. The number of rotatable bonds is 7. The first-order valence-electron chi connectivity index (χ1n) is 9.59. The van der Waals surface area contributed by atoms with Crippen molar-refractivity contribution in [2.24, 2.45) is 0 Å². The first-order chi connectivity index (χ1) is 13.9. The van der Waals surface area contributed by atoms with Gasteiger partial charge in [0.15, 0.2) is 0 Å². The van der Waals surface area contributed by atoms with Crippen LogP contribution in [0.15, 0.2) is 39.9 Å². The summed E-state index contributed by atoms with van der Waals surface area (Å²) in [4.78, 5) is 24.3. The summed E-state index contributed by atoms with van der Waals surface area (Å²) < 4.78 is 27.5. The van der Waals surface area contributed by atoms with Gasteiger partial charge in [0.2, 0.25) is 15.9 Å². The van der Waals surface area contributed by atoms with Gasteiger partial charge in [0.1, 0.15) is 0 Å². The van der Waals surface area contributed by atoms with Crippen LogP contribution in [-0.4, -0.2) is 44.2 Å². The van der Waals surface area contributed by atoms with Gasteiger partial charge in [-0.2, -0.15) is 15.6 Å². The third-order valence-electron chi connectivity index (χ3n) is 4.83. The van der Waals surface area contributed by atoms with Crippen molar-refractivity contribution in [1.29, 1.82) is 0 Å². The molecule has 156 valence electrons. The number of carbonyl (C=O) groups excluding carboxylic acids is 2. The van der Waals surface area contributed by atoms with Gasteiger partial charge in [-0.05, 0) is 48.9 Å². The summed E-state index contributed by atoms with van der Waals surface area (Å²) in [5.41, 5.74) is 1.65. The molecule has 1 fully saturated rings. The van der Waals surface area contributed by atoms with E-state index in [0.29, 0.717) is 29.9 Å². The van der Waals surface area contributed by atoms with Crippen molar-refractivity contribution < 1.29 is 18.0 Å². The van der Waals surface area contributed by atoms with Crippen LogP contribution in [0.25, 0.3) is 0 Å². The molecule has 7 nitrogen and oxygen atoms in total. The van der Waals surface area contributed by atoms with Gasteiger partial charge in [0.25, 0.3) is 5.91 Å². The zero-order valence-electron chi connectivity index (χ0n) is 16.3. The van der Waals surface area contributed by atoms with E-state index in [1.54, 1.807) is 30.5 Å². The molecule has 1 aliphatic heterocycles. The number of hydrogen-bond acceptors (Lipinski definition) is 5. The number of carbonyl (C=O) groups is 2. The molecule has 9 heteroatoms. The molecule has 0 saturated carbocycles. The zero-order chi connectivity index (χ0) is 20.9. The summed E-state index contributed by atoms with van der Waals surface area (Å²) in [5.74, 6) is -0.509. The van der Waals surface area contributed by atoms with Crippen LogP contribution < -0.4 is 10.6 Å². The highest BCUT2D eigenvalue weighted by Gasteiger charge is 2.27. The highest BCUT2D eigenvalue weighted by atomic mass is 32.2. The van der Waals surface area contributed by atoms with E-state index in [-0.39, 0.29) is 29.7 Å². The number of amides is 2. The van der Waals surface area contributed by atoms with Gasteiger partial charge in [0, 0.05) is 42.7 Å². The van der Waals surface area contributed by atoms with Crippen molar-refractivity contribution in [3.8, 4) is 0 Å². The Labute approximate surface area is 175 Å². The minimum absolute atomic E-state index is 0.0952. The Kier molecular flexibility index (Phi) is 7.05. The van der Waals surface area contributed by atoms with E-state index in [2.05, 4.69) is 10.6 Å². The maximum atomic E-state index is 13.0. The van der Waals surface area contributed by atoms with E-state index in [9.17, 15) is 18.0 Å². The maximum absolute atomic E-state index is 13.0. The smallest absolute Gasteiger partial charge is 0.252 e. The topological polar surface area (TPSA) is 95.6 Å². The molecule has 1 aromatic carbocycles. The van der Waals surface area contributed by atoms with Gasteiger partial charge in [0.05, 0.1) is 4.90 Å². The molecule has 2 N–H and O–H groups in total. The van der Waals surface area contributed by atoms with Crippen LogP contribution in [0, 0.1) is 6.92 Å². The van der Waals surface area contributed by atoms with Gasteiger partial charge in [-0.3, -0.25) is 9.59 Å². The molecule has 0 aliphatic carbocycles. The van der Waals surface area contributed by atoms with Crippen LogP contribution in [0.5, 0.6) is 0 Å². The summed E-state index contributed by atoms with van der Waals surface area (Å²) >= 11 is 1.43. The number of thiophene rings is 1. The van der Waals surface area contributed by atoms with Gasteiger partial charge in [-0.15, -0.1) is 0 Å². The summed E-state index contributed by atoms with van der Waals surface area (Å²) in [5, 5.41) is 8.97. The quantitative estimate of drug-likeness (QED) is 0.699. The average Bonchev–Trinajstić information content (AvgIpc) is 3.25. The van der Waals surface area contributed by atoms with Crippen molar-refractivity contribution in [2.45, 2.75) is 37.5 Å². The van der Waals surface area contributed by atoms with E-state index in [1.807, 2.05) is 5.38 Å². The Balaban J connectivity index is 1.60. The van der Waals surface area contributed by atoms with E-state index in [1.165, 1.54) is 21.7 Å². The molecular weight excluding hydrogens is 410 g/mol. The second-order valence-corrected chi connectivity index (χ2v) is 9.70. The fourth-order valence-corrected chi connectivity index (χ4v) is 5.61. The summed E-state index contributed by atoms with van der Waals surface area (Å²) in [6.45, 7) is 3.01. The molecule has 2 amide bonds. The van der Waals surface area contributed by atoms with Crippen LogP contribution in [0.4, 0.5) is 5.69 Å². The Morgan fingerprint density at radius 2 is 1.90 bits per heavy atom. The highest BCUT2D eigenvalue weighted by Crippen LogP contribution is 2.26. The predicted octanol–water partition coefficient (Wildman–Crippen LogP) is 2.99. The Bertz CT molecular complexity index is 966. The standard InChI is InChI=1S/C20H25N3O4S2/c1-15-5-6-17(13-18(15)29(26,27)23-10-3-2-4-11-23)22-19(24)7-9-21-20(25)16-8-12-28-14-16/h5-6,8,12-14H,2-4,7,9-11H2,1H3,(H,21,25)(H,22,24). The van der Waals surface area contributed by atoms with Crippen LogP contribution >= 0.6 is 11.3 Å². The van der Waals surface area contributed by atoms with E-state index in [4.69, 9.17) is 0 Å². The molecule has 2 aromatic rings. The molecule has 1 aliphatic rings. The monoisotopic (exact) mass is 435 g/mol. The van der Waals surface area contributed by atoms with Crippen molar-refractivity contribution in [3.05, 3.63) is 46.2 Å². The van der Waals surface area contributed by atoms with E-state index < -0.39 is 10.0 Å². The van der Waals surface area contributed by atoms with E-state index in [0.717, 1.165) is 19.3 Å². The lowest BCUT2D eigenvalue weighted by molar-refractivity contribution is -0.116. The Hall–Kier alpha value is -2.23. The molecule has 1 aromatic heterocycles. The van der Waals surface area contributed by atoms with Crippen LogP contribution in [0.2, 0.25) is 0 Å². The molecule has 3 rings (SSSR count). The zero-order valence-corrected chi connectivity index (χ0v) is 17.9. The third kappa shape index (κ3) is 5.43. The summed E-state index contributed by atoms with van der Waals surface area (Å²) in [6, 6.07) is 6.62. The first-order valence-corrected chi connectivity index (χ1v) is 12.0. The number of aryl methyl sites for hydroxylation is 1. The van der Waals surface area contributed by atoms with E-state index >= 15 is 0 Å². The SMILES string of the molecule is Cc1ccc(NC(=O)CCNC(=O)c2ccsc2)cc1S(=O)(=O)N1CCCCC1. The Morgan fingerprint density at radius 1 is 1.14 bits per heavy atom. The van der Waals surface area contributed by atoms with Crippen molar-refractivity contribution >= 4 is 38.9 Å². The molecule has 0 spiro atoms. The fourth-order valence-electron chi connectivity index (χ4n) is 3.21. The number of anilines is 1. The number of piperidine rings is 1. The van der Waals surface area contributed by atoms with Gasteiger partial charge >= 0.3 is 0 Å². The first kappa shape index (κ1) is 21.5. The molecular formula is C20H25N3O4S2. The minimum atomic E-state index is -3.58. The number of hydrogen-bond donors (Lipinski definition) is 2. The molecule has 0 atom stereocenters. The molecule has 0 radical (unpaired) electrons. The molecule has 0 bridgehead atoms. The van der Waals surface area contributed by atoms with Crippen LogP contribution in [0.1, 0.15) is 41.6 Å². The van der Waals surface area contributed by atoms with Crippen molar-refractivity contribution in [1.82, 2.24) is 9.62 Å². The average molecular weight is 436 g/mol. The third-order valence-corrected chi connectivity index (χ3v) is 7.55. The molecule has 2 heterocycles. The second-order valence-electron chi connectivity index (χ2n) is 7.01. The van der Waals surface area contributed by atoms with Gasteiger partial charge < -0.3 is 10.6 Å². The lowest BCUT2D eigenvalue weighted by Gasteiger charge is -2.26. The molecule has 0 unspecified atom stereocenters. The number of nitrogens with zero attached hydrogens (tertiary/aromatic N) is 1. The largest absolute Gasteiger partial charge is 0.351 e. The number of benzene rings is 1. The normalized spacial score (nSPS) is 15.1. The van der Waals surface area contributed by atoms with Crippen molar-refractivity contribution in [3.63, 3.8) is 0 Å². The van der Waals surface area contributed by atoms with Crippen LogP contribution in [-0.2, 0) is 14.8 Å². The highest BCUT2D eigenvalue weighted by molar-refractivity contribution is 7.89. The van der Waals surface area contributed by atoms with Crippen LogP contribution in [0.3, 0.4) is 0 Å². The Morgan fingerprint density at radius 3 is 2.59 bits per heavy atom. The summed E-state index contributed by atoms with van der Waals surface area (Å²) in [6.07, 6.45) is 2.87. The number of sulfonamides is 1. The minimum Gasteiger partial charge on any atom is -0.351 e. The maximum Gasteiger partial charge on any atom is 0.252 e.